The molecule has 0 radical (unpaired) electrons. The number of rotatable bonds is 5. The Bertz CT molecular complexity index is 1120. The van der Waals surface area contributed by atoms with Crippen LogP contribution in [0.25, 0.3) is 33.9 Å². The van der Waals surface area contributed by atoms with Crippen LogP contribution in [-0.2, 0) is 7.05 Å². The molecule has 0 N–H and O–H groups in total. The van der Waals surface area contributed by atoms with E-state index in [1.54, 1.807) is 26.4 Å². The molecule has 0 aliphatic rings. The van der Waals surface area contributed by atoms with Gasteiger partial charge in [0.1, 0.15) is 23.1 Å². The minimum absolute atomic E-state index is 0.270. The van der Waals surface area contributed by atoms with Crippen LogP contribution >= 0.6 is 0 Å². The zero-order chi connectivity index (χ0) is 20.4. The fourth-order valence-corrected chi connectivity index (χ4v) is 3.39. The number of aromatic nitrogens is 2. The van der Waals surface area contributed by atoms with E-state index in [9.17, 15) is 4.39 Å². The Morgan fingerprint density at radius 1 is 0.690 bits per heavy atom. The van der Waals surface area contributed by atoms with Crippen LogP contribution in [0.15, 0.2) is 72.8 Å². The molecule has 4 nitrogen and oxygen atoms in total. The van der Waals surface area contributed by atoms with Crippen molar-refractivity contribution in [1.82, 2.24) is 9.55 Å². The molecule has 0 fully saturated rings. The molecule has 0 spiro atoms. The van der Waals surface area contributed by atoms with Gasteiger partial charge >= 0.3 is 0 Å². The summed E-state index contributed by atoms with van der Waals surface area (Å²) in [5.41, 5.74) is 4.65. The minimum atomic E-state index is -0.270. The van der Waals surface area contributed by atoms with Crippen molar-refractivity contribution in [1.29, 1.82) is 0 Å². The maximum Gasteiger partial charge on any atom is 0.140 e. The molecule has 0 saturated heterocycles. The maximum atomic E-state index is 13.4. The second kappa shape index (κ2) is 7.80. The molecule has 1 heterocycles. The van der Waals surface area contributed by atoms with E-state index in [1.807, 2.05) is 60.1 Å². The second-order valence-electron chi connectivity index (χ2n) is 6.66. The Morgan fingerprint density at radius 3 is 1.69 bits per heavy atom. The Balaban J connectivity index is 1.91. The third kappa shape index (κ3) is 3.59. The number of halogens is 1. The monoisotopic (exact) mass is 388 g/mol. The van der Waals surface area contributed by atoms with E-state index in [0.717, 1.165) is 45.4 Å². The summed E-state index contributed by atoms with van der Waals surface area (Å²) in [4.78, 5) is 4.92. The third-order valence-corrected chi connectivity index (χ3v) is 4.92. The summed E-state index contributed by atoms with van der Waals surface area (Å²) in [5, 5.41) is 0. The Kier molecular flexibility index (Phi) is 5.04. The van der Waals surface area contributed by atoms with Crippen LogP contribution in [0.1, 0.15) is 0 Å². The zero-order valence-corrected chi connectivity index (χ0v) is 16.5. The molecule has 0 unspecified atom stereocenters. The van der Waals surface area contributed by atoms with Gasteiger partial charge in [-0.2, -0.15) is 0 Å². The number of methoxy groups -OCH3 is 2. The van der Waals surface area contributed by atoms with Gasteiger partial charge in [-0.05, 0) is 72.8 Å². The predicted octanol–water partition coefficient (Wildman–Crippen LogP) is 5.58. The van der Waals surface area contributed by atoms with Crippen molar-refractivity contribution in [2.75, 3.05) is 14.2 Å². The fourth-order valence-electron chi connectivity index (χ4n) is 3.39. The lowest BCUT2D eigenvalue weighted by molar-refractivity contribution is 0.414. The van der Waals surface area contributed by atoms with E-state index >= 15 is 0 Å². The van der Waals surface area contributed by atoms with Crippen molar-refractivity contribution in [2.24, 2.45) is 7.05 Å². The number of hydrogen-bond donors (Lipinski definition) is 0. The average Bonchev–Trinajstić information content (AvgIpc) is 3.11. The van der Waals surface area contributed by atoms with Gasteiger partial charge in [-0.15, -0.1) is 0 Å². The van der Waals surface area contributed by atoms with Crippen LogP contribution in [0.5, 0.6) is 11.5 Å². The van der Waals surface area contributed by atoms with Gasteiger partial charge in [0, 0.05) is 23.7 Å². The molecule has 4 rings (SSSR count). The molecular formula is C24H21FN2O2. The SMILES string of the molecule is COc1ccc(-c2nc(-c3ccc(F)cc3)n(C)c2-c2ccc(OC)cc2)cc1. The van der Waals surface area contributed by atoms with E-state index in [0.29, 0.717) is 0 Å². The third-order valence-electron chi connectivity index (χ3n) is 4.92. The summed E-state index contributed by atoms with van der Waals surface area (Å²) in [7, 11) is 5.26. The van der Waals surface area contributed by atoms with Crippen molar-refractivity contribution in [3.63, 3.8) is 0 Å². The number of ether oxygens (including phenoxy) is 2. The molecule has 0 saturated carbocycles. The fraction of sp³-hybridized carbons (Fsp3) is 0.125. The summed E-state index contributed by atoms with van der Waals surface area (Å²) in [6.07, 6.45) is 0. The number of hydrogen-bond acceptors (Lipinski definition) is 3. The average molecular weight is 388 g/mol. The first-order valence-corrected chi connectivity index (χ1v) is 9.22. The zero-order valence-electron chi connectivity index (χ0n) is 16.5. The molecule has 1 aromatic heterocycles. The molecular weight excluding hydrogens is 367 g/mol. The molecule has 146 valence electrons. The number of imidazole rings is 1. The highest BCUT2D eigenvalue weighted by Crippen LogP contribution is 2.36. The van der Waals surface area contributed by atoms with Crippen molar-refractivity contribution in [2.45, 2.75) is 0 Å². The van der Waals surface area contributed by atoms with Crippen molar-refractivity contribution < 1.29 is 13.9 Å². The summed E-state index contributed by atoms with van der Waals surface area (Å²) in [6.45, 7) is 0. The van der Waals surface area contributed by atoms with Crippen molar-refractivity contribution in [3.8, 4) is 45.4 Å². The molecule has 0 amide bonds. The summed E-state index contributed by atoms with van der Waals surface area (Å²) < 4.78 is 26.0. The van der Waals surface area contributed by atoms with Gasteiger partial charge in [0.05, 0.1) is 25.6 Å². The molecule has 5 heteroatoms. The highest BCUT2D eigenvalue weighted by Gasteiger charge is 2.19. The number of benzene rings is 3. The van der Waals surface area contributed by atoms with Crippen molar-refractivity contribution in [3.05, 3.63) is 78.6 Å². The largest absolute Gasteiger partial charge is 0.497 e. The van der Waals surface area contributed by atoms with Gasteiger partial charge < -0.3 is 14.0 Å². The Hall–Kier alpha value is -3.60. The lowest BCUT2D eigenvalue weighted by Gasteiger charge is -2.09. The van der Waals surface area contributed by atoms with Gasteiger partial charge in [0.2, 0.25) is 0 Å². The van der Waals surface area contributed by atoms with Gasteiger partial charge in [-0.3, -0.25) is 0 Å². The molecule has 0 bridgehead atoms. The molecule has 4 aromatic rings. The first-order valence-electron chi connectivity index (χ1n) is 9.22. The first kappa shape index (κ1) is 18.7. The topological polar surface area (TPSA) is 36.3 Å². The standard InChI is InChI=1S/C24H21FN2O2/c1-27-23(17-8-14-21(29-3)15-9-17)22(16-6-12-20(28-2)13-7-16)26-24(27)18-4-10-19(25)11-5-18/h4-15H,1-3H3. The Labute approximate surface area is 169 Å². The van der Waals surface area contributed by atoms with Crippen LogP contribution in [0, 0.1) is 5.82 Å². The highest BCUT2D eigenvalue weighted by molar-refractivity contribution is 5.82. The van der Waals surface area contributed by atoms with Crippen LogP contribution in [0.4, 0.5) is 4.39 Å². The number of nitrogens with zero attached hydrogens (tertiary/aromatic N) is 2. The quantitative estimate of drug-likeness (QED) is 0.448. The van der Waals surface area contributed by atoms with Crippen LogP contribution in [0.3, 0.4) is 0 Å². The van der Waals surface area contributed by atoms with Crippen LogP contribution in [0.2, 0.25) is 0 Å². The van der Waals surface area contributed by atoms with Crippen LogP contribution < -0.4 is 9.47 Å². The first-order chi connectivity index (χ1) is 14.1. The van der Waals surface area contributed by atoms with E-state index in [2.05, 4.69) is 0 Å². The van der Waals surface area contributed by atoms with Gasteiger partial charge in [-0.25, -0.2) is 9.37 Å². The smallest absolute Gasteiger partial charge is 0.140 e. The van der Waals surface area contributed by atoms with Gasteiger partial charge in [0.15, 0.2) is 0 Å². The molecule has 0 aliphatic heterocycles. The van der Waals surface area contributed by atoms with E-state index < -0.39 is 0 Å². The second-order valence-corrected chi connectivity index (χ2v) is 6.66. The summed E-state index contributed by atoms with van der Waals surface area (Å²) >= 11 is 0. The Morgan fingerprint density at radius 2 is 1.17 bits per heavy atom. The molecule has 3 aromatic carbocycles. The summed E-state index contributed by atoms with van der Waals surface area (Å²) in [5.74, 6) is 2.07. The predicted molar refractivity (Wildman–Crippen MR) is 113 cm³/mol. The maximum absolute atomic E-state index is 13.4. The van der Waals surface area contributed by atoms with E-state index in [1.165, 1.54) is 12.1 Å². The van der Waals surface area contributed by atoms with Crippen molar-refractivity contribution >= 4 is 0 Å². The lowest BCUT2D eigenvalue weighted by atomic mass is 10.0. The molecule has 0 atom stereocenters. The van der Waals surface area contributed by atoms with E-state index in [-0.39, 0.29) is 5.82 Å². The van der Waals surface area contributed by atoms with Gasteiger partial charge in [0.25, 0.3) is 0 Å². The summed E-state index contributed by atoms with van der Waals surface area (Å²) in [6, 6.07) is 22.1. The molecule has 29 heavy (non-hydrogen) atoms. The highest BCUT2D eigenvalue weighted by atomic mass is 19.1. The minimum Gasteiger partial charge on any atom is -0.497 e. The lowest BCUT2D eigenvalue weighted by Crippen LogP contribution is -1.96. The van der Waals surface area contributed by atoms with E-state index in [4.69, 9.17) is 14.5 Å². The van der Waals surface area contributed by atoms with Crippen LogP contribution in [-0.4, -0.2) is 23.8 Å². The normalized spacial score (nSPS) is 10.8. The van der Waals surface area contributed by atoms with Gasteiger partial charge in [-0.1, -0.05) is 0 Å². The molecule has 0 aliphatic carbocycles.